The van der Waals surface area contributed by atoms with Gasteiger partial charge >= 0.3 is 0 Å². The fourth-order valence-corrected chi connectivity index (χ4v) is 0.771. The lowest BCUT2D eigenvalue weighted by molar-refractivity contribution is 0.608. The molecule has 0 saturated carbocycles. The summed E-state index contributed by atoms with van der Waals surface area (Å²) in [5, 5.41) is 0. The van der Waals surface area contributed by atoms with Gasteiger partial charge in [-0.2, -0.15) is 0 Å². The van der Waals surface area contributed by atoms with Crippen molar-refractivity contribution in [1.29, 1.82) is 0 Å². The standard InChI is InChI=1S/C5H10N2/c6-7-5-3-1-2-4-5/h1,3,5,7H,2,4,6H2. The topological polar surface area (TPSA) is 38.0 Å². The number of nitrogens with one attached hydrogen (secondary N) is 1. The fourth-order valence-electron chi connectivity index (χ4n) is 0.771. The van der Waals surface area contributed by atoms with Gasteiger partial charge in [0.1, 0.15) is 0 Å². The van der Waals surface area contributed by atoms with Gasteiger partial charge in [-0.05, 0) is 12.8 Å². The van der Waals surface area contributed by atoms with E-state index in [0.717, 1.165) is 6.42 Å². The molecule has 0 saturated heterocycles. The SMILES string of the molecule is NNC1C=CCC1. The summed E-state index contributed by atoms with van der Waals surface area (Å²) in [6.07, 6.45) is 6.58. The average molecular weight is 98.1 g/mol. The third-order valence-electron chi connectivity index (χ3n) is 1.23. The molecule has 0 aromatic heterocycles. The molecule has 7 heavy (non-hydrogen) atoms. The summed E-state index contributed by atoms with van der Waals surface area (Å²) in [6.45, 7) is 0. The van der Waals surface area contributed by atoms with Gasteiger partial charge in [-0.3, -0.25) is 11.3 Å². The van der Waals surface area contributed by atoms with Gasteiger partial charge in [-0.25, -0.2) is 0 Å². The van der Waals surface area contributed by atoms with Crippen LogP contribution in [0.2, 0.25) is 0 Å². The maximum Gasteiger partial charge on any atom is 0.0393 e. The predicted octanol–water partition coefficient (Wildman–Crippen LogP) is 0.168. The summed E-state index contributed by atoms with van der Waals surface area (Å²) in [4.78, 5) is 0. The van der Waals surface area contributed by atoms with Gasteiger partial charge in [0.15, 0.2) is 0 Å². The van der Waals surface area contributed by atoms with Crippen LogP contribution in [0, 0.1) is 0 Å². The zero-order valence-corrected chi connectivity index (χ0v) is 4.22. The highest BCUT2D eigenvalue weighted by Gasteiger charge is 2.03. The minimum atomic E-state index is 0.444. The van der Waals surface area contributed by atoms with Gasteiger partial charge in [-0.15, -0.1) is 0 Å². The van der Waals surface area contributed by atoms with Crippen molar-refractivity contribution >= 4 is 0 Å². The van der Waals surface area contributed by atoms with E-state index in [1.807, 2.05) is 0 Å². The summed E-state index contributed by atoms with van der Waals surface area (Å²) in [5.74, 6) is 5.13. The lowest BCUT2D eigenvalue weighted by atomic mass is 10.3. The Hall–Kier alpha value is -0.340. The van der Waals surface area contributed by atoms with Crippen LogP contribution in [-0.4, -0.2) is 6.04 Å². The minimum Gasteiger partial charge on any atom is -0.271 e. The first kappa shape index (κ1) is 4.81. The molecule has 1 aliphatic carbocycles. The molecule has 40 valence electrons. The fraction of sp³-hybridized carbons (Fsp3) is 0.600. The number of rotatable bonds is 1. The van der Waals surface area contributed by atoms with Crippen LogP contribution < -0.4 is 11.3 Å². The van der Waals surface area contributed by atoms with E-state index in [4.69, 9.17) is 5.84 Å². The van der Waals surface area contributed by atoms with Crippen molar-refractivity contribution in [3.63, 3.8) is 0 Å². The van der Waals surface area contributed by atoms with Crippen LogP contribution in [0.4, 0.5) is 0 Å². The molecule has 0 heterocycles. The van der Waals surface area contributed by atoms with Crippen LogP contribution in [0.3, 0.4) is 0 Å². The minimum absolute atomic E-state index is 0.444. The first-order valence-corrected chi connectivity index (χ1v) is 2.56. The zero-order chi connectivity index (χ0) is 5.11. The third kappa shape index (κ3) is 1.01. The number of allylic oxidation sites excluding steroid dienone is 1. The second-order valence-corrected chi connectivity index (χ2v) is 1.78. The lowest BCUT2D eigenvalue weighted by Crippen LogP contribution is -2.31. The molecule has 1 unspecified atom stereocenters. The van der Waals surface area contributed by atoms with E-state index in [1.54, 1.807) is 0 Å². The van der Waals surface area contributed by atoms with E-state index in [-0.39, 0.29) is 0 Å². The summed E-state index contributed by atoms with van der Waals surface area (Å²) in [7, 11) is 0. The average Bonchev–Trinajstić information content (AvgIpc) is 2.14. The van der Waals surface area contributed by atoms with Crippen LogP contribution >= 0.6 is 0 Å². The van der Waals surface area contributed by atoms with Gasteiger partial charge in [0, 0.05) is 6.04 Å². The predicted molar refractivity (Wildman–Crippen MR) is 29.5 cm³/mol. The Morgan fingerprint density at radius 3 is 2.86 bits per heavy atom. The highest BCUT2D eigenvalue weighted by atomic mass is 15.2. The second-order valence-electron chi connectivity index (χ2n) is 1.78. The summed E-state index contributed by atoms with van der Waals surface area (Å²) in [6, 6.07) is 0.444. The van der Waals surface area contributed by atoms with E-state index in [2.05, 4.69) is 17.6 Å². The summed E-state index contributed by atoms with van der Waals surface area (Å²) >= 11 is 0. The highest BCUT2D eigenvalue weighted by molar-refractivity contribution is 4.99. The maximum absolute atomic E-state index is 5.13. The first-order valence-electron chi connectivity index (χ1n) is 2.56. The molecule has 2 nitrogen and oxygen atoms in total. The molecule has 0 amide bonds. The Bertz CT molecular complexity index is 78.1. The molecular formula is C5H10N2. The highest BCUT2D eigenvalue weighted by Crippen LogP contribution is 2.06. The van der Waals surface area contributed by atoms with Crippen LogP contribution in [0.15, 0.2) is 12.2 Å². The molecule has 0 bridgehead atoms. The largest absolute Gasteiger partial charge is 0.271 e. The van der Waals surface area contributed by atoms with Gasteiger partial charge in [0.05, 0.1) is 0 Å². The van der Waals surface area contributed by atoms with Crippen molar-refractivity contribution in [2.45, 2.75) is 18.9 Å². The number of hydrazine groups is 1. The molecule has 2 heteroatoms. The van der Waals surface area contributed by atoms with E-state index >= 15 is 0 Å². The van der Waals surface area contributed by atoms with Gasteiger partial charge < -0.3 is 0 Å². The zero-order valence-electron chi connectivity index (χ0n) is 4.22. The molecule has 0 radical (unpaired) electrons. The molecule has 0 spiro atoms. The normalized spacial score (nSPS) is 29.0. The molecule has 0 fully saturated rings. The first-order chi connectivity index (χ1) is 3.43. The van der Waals surface area contributed by atoms with Crippen LogP contribution in [0.25, 0.3) is 0 Å². The van der Waals surface area contributed by atoms with E-state index in [1.165, 1.54) is 6.42 Å². The number of hydrogen-bond donors (Lipinski definition) is 2. The van der Waals surface area contributed by atoms with Crippen LogP contribution in [0.5, 0.6) is 0 Å². The quantitative estimate of drug-likeness (QED) is 0.279. The number of nitrogens with two attached hydrogens (primary N) is 1. The van der Waals surface area contributed by atoms with Crippen molar-refractivity contribution in [3.8, 4) is 0 Å². The van der Waals surface area contributed by atoms with Crippen molar-refractivity contribution in [3.05, 3.63) is 12.2 Å². The van der Waals surface area contributed by atoms with Gasteiger partial charge in [0.2, 0.25) is 0 Å². The second kappa shape index (κ2) is 2.09. The van der Waals surface area contributed by atoms with Gasteiger partial charge in [-0.1, -0.05) is 12.2 Å². The third-order valence-corrected chi connectivity index (χ3v) is 1.23. The van der Waals surface area contributed by atoms with Crippen LogP contribution in [-0.2, 0) is 0 Å². The Balaban J connectivity index is 2.28. The van der Waals surface area contributed by atoms with Crippen molar-refractivity contribution in [1.82, 2.24) is 5.43 Å². The molecule has 1 aliphatic rings. The Kier molecular flexibility index (Phi) is 1.44. The van der Waals surface area contributed by atoms with E-state index in [0.29, 0.717) is 6.04 Å². The molecule has 0 aromatic rings. The summed E-state index contributed by atoms with van der Waals surface area (Å²) < 4.78 is 0. The lowest BCUT2D eigenvalue weighted by Gasteiger charge is -2.01. The molecule has 0 aliphatic heterocycles. The molecule has 1 rings (SSSR count). The molecule has 1 atom stereocenters. The Morgan fingerprint density at radius 1 is 1.71 bits per heavy atom. The number of hydrogen-bond acceptors (Lipinski definition) is 2. The Labute approximate surface area is 43.4 Å². The van der Waals surface area contributed by atoms with E-state index in [9.17, 15) is 0 Å². The monoisotopic (exact) mass is 98.1 g/mol. The van der Waals surface area contributed by atoms with E-state index < -0.39 is 0 Å². The maximum atomic E-state index is 5.13. The smallest absolute Gasteiger partial charge is 0.0393 e. The van der Waals surface area contributed by atoms with Crippen molar-refractivity contribution in [2.24, 2.45) is 5.84 Å². The van der Waals surface area contributed by atoms with Gasteiger partial charge in [0.25, 0.3) is 0 Å². The van der Waals surface area contributed by atoms with Crippen molar-refractivity contribution in [2.75, 3.05) is 0 Å². The molecule has 3 N–H and O–H groups in total. The van der Waals surface area contributed by atoms with Crippen molar-refractivity contribution < 1.29 is 0 Å². The van der Waals surface area contributed by atoms with Crippen LogP contribution in [0.1, 0.15) is 12.8 Å². The Morgan fingerprint density at radius 2 is 2.57 bits per heavy atom. The molecular weight excluding hydrogens is 88.1 g/mol. The molecule has 0 aromatic carbocycles. The summed E-state index contributed by atoms with van der Waals surface area (Å²) in [5.41, 5.74) is 2.68.